The van der Waals surface area contributed by atoms with Gasteiger partial charge in [0, 0.05) is 33.4 Å². The molecule has 20 heavy (non-hydrogen) atoms. The highest BCUT2D eigenvalue weighted by Gasteiger charge is 2.07. The van der Waals surface area contributed by atoms with E-state index < -0.39 is 0 Å². The Labute approximate surface area is 137 Å². The molecule has 1 aromatic heterocycles. The maximum absolute atomic E-state index is 5.25. The fraction of sp³-hybridized carbons (Fsp3) is 0.692. The van der Waals surface area contributed by atoms with Gasteiger partial charge in [-0.1, -0.05) is 19.0 Å². The van der Waals surface area contributed by atoms with Gasteiger partial charge in [0.1, 0.15) is 0 Å². The van der Waals surface area contributed by atoms with Gasteiger partial charge in [0.25, 0.3) is 0 Å². The van der Waals surface area contributed by atoms with Crippen LogP contribution in [0.1, 0.15) is 37.6 Å². The van der Waals surface area contributed by atoms with Crippen LogP contribution in [0.3, 0.4) is 0 Å². The largest absolute Gasteiger partial charge is 0.385 e. The van der Waals surface area contributed by atoms with Crippen LogP contribution < -0.4 is 10.6 Å². The molecule has 116 valence electrons. The molecule has 0 aliphatic carbocycles. The molecule has 0 fully saturated rings. The quantitative estimate of drug-likeness (QED) is 0.320. The lowest BCUT2D eigenvalue weighted by Crippen LogP contribution is -2.37. The normalized spacial score (nSPS) is 11.3. The Hall–Kier alpha value is -0.830. The number of nitrogens with one attached hydrogen (secondary N) is 2. The summed E-state index contributed by atoms with van der Waals surface area (Å²) in [5, 5.41) is 10.4. The Morgan fingerprint density at radius 2 is 2.20 bits per heavy atom. The van der Waals surface area contributed by atoms with E-state index in [4.69, 9.17) is 9.26 Å². The first kappa shape index (κ1) is 19.2. The lowest BCUT2D eigenvalue weighted by Gasteiger charge is -2.10. The minimum absolute atomic E-state index is 0. The van der Waals surface area contributed by atoms with E-state index >= 15 is 0 Å². The van der Waals surface area contributed by atoms with E-state index in [1.54, 1.807) is 14.2 Å². The fourth-order valence-electron chi connectivity index (χ4n) is 1.50. The van der Waals surface area contributed by atoms with Gasteiger partial charge in [0.2, 0.25) is 0 Å². The van der Waals surface area contributed by atoms with Crippen molar-refractivity contribution in [1.29, 1.82) is 0 Å². The molecular formula is C13H25IN4O2. The number of ether oxygens (including phenoxy) is 1. The molecule has 0 aromatic carbocycles. The van der Waals surface area contributed by atoms with Crippen LogP contribution >= 0.6 is 24.0 Å². The smallest absolute Gasteiger partial charge is 0.191 e. The first-order valence-electron chi connectivity index (χ1n) is 6.56. The van der Waals surface area contributed by atoms with Crippen LogP contribution in [0.2, 0.25) is 0 Å². The van der Waals surface area contributed by atoms with Crippen LogP contribution in [0.15, 0.2) is 15.6 Å². The first-order chi connectivity index (χ1) is 9.17. The molecule has 0 unspecified atom stereocenters. The van der Waals surface area contributed by atoms with Gasteiger partial charge < -0.3 is 19.9 Å². The summed E-state index contributed by atoms with van der Waals surface area (Å²) in [5.41, 5.74) is 0.972. The van der Waals surface area contributed by atoms with Crippen LogP contribution in [0, 0.1) is 0 Å². The van der Waals surface area contributed by atoms with Crippen molar-refractivity contribution in [2.75, 3.05) is 27.3 Å². The number of aliphatic imine (C=N–C) groups is 1. The van der Waals surface area contributed by atoms with Crippen LogP contribution in [0.4, 0.5) is 0 Å². The topological polar surface area (TPSA) is 71.7 Å². The number of halogens is 1. The minimum atomic E-state index is 0. The van der Waals surface area contributed by atoms with Crippen LogP contribution in [-0.4, -0.2) is 38.4 Å². The average Bonchev–Trinajstić information content (AvgIpc) is 2.87. The second kappa shape index (κ2) is 10.9. The summed E-state index contributed by atoms with van der Waals surface area (Å²) in [5.74, 6) is 1.94. The van der Waals surface area contributed by atoms with Gasteiger partial charge in [-0.15, -0.1) is 24.0 Å². The summed E-state index contributed by atoms with van der Waals surface area (Å²) in [6.45, 7) is 6.31. The summed E-state index contributed by atoms with van der Waals surface area (Å²) in [6.07, 6.45) is 0.941. The zero-order valence-corrected chi connectivity index (χ0v) is 14.9. The van der Waals surface area contributed by atoms with E-state index in [1.165, 1.54) is 0 Å². The first-order valence-corrected chi connectivity index (χ1v) is 6.56. The van der Waals surface area contributed by atoms with Gasteiger partial charge in [-0.25, -0.2) is 0 Å². The molecule has 0 spiro atoms. The number of hydrogen-bond donors (Lipinski definition) is 2. The maximum atomic E-state index is 5.25. The summed E-state index contributed by atoms with van der Waals surface area (Å²) in [4.78, 5) is 4.13. The molecule has 0 bridgehead atoms. The molecule has 0 saturated carbocycles. The highest BCUT2D eigenvalue weighted by molar-refractivity contribution is 14.0. The van der Waals surface area contributed by atoms with Gasteiger partial charge in [-0.05, 0) is 12.3 Å². The number of methoxy groups -OCH3 is 1. The lowest BCUT2D eigenvalue weighted by atomic mass is 10.1. The van der Waals surface area contributed by atoms with Crippen LogP contribution in [0.5, 0.6) is 0 Å². The van der Waals surface area contributed by atoms with Gasteiger partial charge in [-0.2, -0.15) is 0 Å². The van der Waals surface area contributed by atoms with Crippen molar-refractivity contribution in [1.82, 2.24) is 15.8 Å². The summed E-state index contributed by atoms with van der Waals surface area (Å²) < 4.78 is 10.2. The van der Waals surface area contributed by atoms with Crippen molar-refractivity contribution < 1.29 is 9.26 Å². The van der Waals surface area contributed by atoms with Gasteiger partial charge in [0.05, 0.1) is 12.2 Å². The third kappa shape index (κ3) is 7.09. The molecule has 0 radical (unpaired) electrons. The molecule has 1 aromatic rings. The number of guanidine groups is 1. The molecular weight excluding hydrogens is 371 g/mol. The number of hydrogen-bond acceptors (Lipinski definition) is 4. The Morgan fingerprint density at radius 1 is 1.45 bits per heavy atom. The Morgan fingerprint density at radius 3 is 2.75 bits per heavy atom. The minimum Gasteiger partial charge on any atom is -0.385 e. The molecule has 0 amide bonds. The average molecular weight is 396 g/mol. The van der Waals surface area contributed by atoms with E-state index in [9.17, 15) is 0 Å². The molecule has 1 rings (SSSR count). The van der Waals surface area contributed by atoms with E-state index in [0.29, 0.717) is 12.5 Å². The van der Waals surface area contributed by atoms with E-state index in [2.05, 4.69) is 34.6 Å². The fourth-order valence-corrected chi connectivity index (χ4v) is 1.50. The van der Waals surface area contributed by atoms with Crippen molar-refractivity contribution in [2.45, 2.75) is 32.7 Å². The van der Waals surface area contributed by atoms with Crippen molar-refractivity contribution in [3.63, 3.8) is 0 Å². The van der Waals surface area contributed by atoms with E-state index in [-0.39, 0.29) is 24.0 Å². The highest BCUT2D eigenvalue weighted by atomic mass is 127. The molecule has 7 heteroatoms. The second-order valence-corrected chi connectivity index (χ2v) is 4.57. The third-order valence-electron chi connectivity index (χ3n) is 2.64. The Kier molecular flexibility index (Phi) is 10.4. The zero-order valence-electron chi connectivity index (χ0n) is 12.6. The molecule has 0 saturated heterocycles. The molecule has 2 N–H and O–H groups in total. The van der Waals surface area contributed by atoms with Gasteiger partial charge in [-0.3, -0.25) is 4.99 Å². The van der Waals surface area contributed by atoms with Gasteiger partial charge >= 0.3 is 0 Å². The maximum Gasteiger partial charge on any atom is 0.191 e. The summed E-state index contributed by atoms with van der Waals surface area (Å²) in [6, 6.07) is 1.97. The predicted molar refractivity (Wildman–Crippen MR) is 90.7 cm³/mol. The zero-order chi connectivity index (χ0) is 14.1. The SMILES string of the molecule is CN=C(NCCCOC)NCc1cc(C(C)C)no1.I. The number of aromatic nitrogens is 1. The molecule has 6 nitrogen and oxygen atoms in total. The Bertz CT molecular complexity index is 393. The number of nitrogens with zero attached hydrogens (tertiary/aromatic N) is 2. The van der Waals surface area contributed by atoms with Crippen LogP contribution in [-0.2, 0) is 11.3 Å². The van der Waals surface area contributed by atoms with E-state index in [0.717, 1.165) is 37.0 Å². The van der Waals surface area contributed by atoms with Crippen molar-refractivity contribution >= 4 is 29.9 Å². The molecule has 0 atom stereocenters. The number of rotatable bonds is 7. The van der Waals surface area contributed by atoms with E-state index in [1.807, 2.05) is 6.07 Å². The molecule has 0 aliphatic heterocycles. The van der Waals surface area contributed by atoms with Crippen molar-refractivity contribution in [2.24, 2.45) is 4.99 Å². The summed E-state index contributed by atoms with van der Waals surface area (Å²) in [7, 11) is 3.44. The Balaban J connectivity index is 0.00000361. The van der Waals surface area contributed by atoms with Crippen LogP contribution in [0.25, 0.3) is 0 Å². The molecule has 1 heterocycles. The van der Waals surface area contributed by atoms with Crippen molar-refractivity contribution in [3.8, 4) is 0 Å². The monoisotopic (exact) mass is 396 g/mol. The standard InChI is InChI=1S/C13H24N4O2.HI/c1-10(2)12-8-11(19-17-12)9-16-13(14-3)15-6-5-7-18-4;/h8,10H,5-7,9H2,1-4H3,(H2,14,15,16);1H. The summed E-state index contributed by atoms with van der Waals surface area (Å²) >= 11 is 0. The second-order valence-electron chi connectivity index (χ2n) is 4.57. The predicted octanol–water partition coefficient (Wildman–Crippen LogP) is 2.12. The lowest BCUT2D eigenvalue weighted by molar-refractivity contribution is 0.195. The molecule has 0 aliphatic rings. The van der Waals surface area contributed by atoms with Crippen molar-refractivity contribution in [3.05, 3.63) is 17.5 Å². The highest BCUT2D eigenvalue weighted by Crippen LogP contribution is 2.13. The van der Waals surface area contributed by atoms with Gasteiger partial charge in [0.15, 0.2) is 11.7 Å². The third-order valence-corrected chi connectivity index (χ3v) is 2.64.